The maximum atomic E-state index is 6.15. The molecule has 0 saturated carbocycles. The lowest BCUT2D eigenvalue weighted by Crippen LogP contribution is -1.95. The zero-order chi connectivity index (χ0) is 18.1. The molecular weight excluding hydrogens is 354 g/mol. The van der Waals surface area contributed by atoms with E-state index < -0.39 is 0 Å². The number of halogens is 1. The largest absolute Gasteiger partial charge is 0.495 e. The van der Waals surface area contributed by atoms with E-state index >= 15 is 0 Å². The van der Waals surface area contributed by atoms with Crippen molar-refractivity contribution in [1.29, 1.82) is 0 Å². The predicted octanol–water partition coefficient (Wildman–Crippen LogP) is 3.17. The second kappa shape index (κ2) is 6.49. The van der Waals surface area contributed by atoms with Crippen LogP contribution in [-0.4, -0.2) is 31.7 Å². The van der Waals surface area contributed by atoms with Gasteiger partial charge >= 0.3 is 0 Å². The number of hydrogen-bond acceptors (Lipinski definition) is 7. The molecule has 0 radical (unpaired) electrons. The number of methoxy groups -OCH3 is 1. The van der Waals surface area contributed by atoms with E-state index in [1.54, 1.807) is 48.4 Å². The first kappa shape index (κ1) is 16.1. The molecule has 26 heavy (non-hydrogen) atoms. The number of rotatable bonds is 4. The lowest BCUT2D eigenvalue weighted by atomic mass is 10.2. The molecule has 3 heterocycles. The molecule has 130 valence electrons. The molecule has 3 aromatic heterocycles. The summed E-state index contributed by atoms with van der Waals surface area (Å²) in [6.45, 7) is 0. The number of aromatic nitrogens is 5. The maximum Gasteiger partial charge on any atom is 0.247 e. The summed E-state index contributed by atoms with van der Waals surface area (Å²) in [5.41, 5.74) is 8.45. The Morgan fingerprint density at radius 3 is 2.81 bits per heavy atom. The molecule has 0 aliphatic heterocycles. The first-order valence-corrected chi connectivity index (χ1v) is 8.05. The third-order valence-corrected chi connectivity index (χ3v) is 4.02. The summed E-state index contributed by atoms with van der Waals surface area (Å²) >= 11 is 6.15. The van der Waals surface area contributed by atoms with E-state index in [0.717, 1.165) is 11.3 Å². The van der Waals surface area contributed by atoms with Gasteiger partial charge in [0.05, 0.1) is 12.1 Å². The molecule has 0 amide bonds. The highest BCUT2D eigenvalue weighted by Crippen LogP contribution is 2.29. The van der Waals surface area contributed by atoms with Gasteiger partial charge < -0.3 is 15.8 Å². The Kier molecular flexibility index (Phi) is 4.02. The van der Waals surface area contributed by atoms with Gasteiger partial charge in [-0.2, -0.15) is 4.98 Å². The summed E-state index contributed by atoms with van der Waals surface area (Å²) in [6, 6.07) is 8.91. The Morgan fingerprint density at radius 1 is 1.19 bits per heavy atom. The van der Waals surface area contributed by atoms with Gasteiger partial charge in [-0.05, 0) is 30.3 Å². The van der Waals surface area contributed by atoms with Crippen LogP contribution in [0.1, 0.15) is 0 Å². The zero-order valence-corrected chi connectivity index (χ0v) is 14.5. The van der Waals surface area contributed by atoms with E-state index in [0.29, 0.717) is 33.9 Å². The Morgan fingerprint density at radius 2 is 2.08 bits per heavy atom. The summed E-state index contributed by atoms with van der Waals surface area (Å²) in [4.78, 5) is 13.0. The van der Waals surface area contributed by atoms with Crippen LogP contribution in [-0.2, 0) is 0 Å². The predicted molar refractivity (Wildman–Crippen MR) is 99.7 cm³/mol. The van der Waals surface area contributed by atoms with Crippen LogP contribution in [0.2, 0.25) is 5.02 Å². The molecule has 0 atom stereocenters. The molecule has 0 bridgehead atoms. The highest BCUT2D eigenvalue weighted by Gasteiger charge is 2.12. The fraction of sp³-hybridized carbons (Fsp3) is 0.0588. The zero-order valence-electron chi connectivity index (χ0n) is 13.7. The van der Waals surface area contributed by atoms with Gasteiger partial charge in [-0.1, -0.05) is 11.6 Å². The fourth-order valence-electron chi connectivity index (χ4n) is 2.49. The SMILES string of the molecule is COc1ccc(Nc2nc3c(-c4ccc(N)nc4)nccn3n2)cc1Cl. The highest BCUT2D eigenvalue weighted by molar-refractivity contribution is 6.32. The molecule has 4 rings (SSSR count). The van der Waals surface area contributed by atoms with Crippen LogP contribution in [0.25, 0.3) is 16.9 Å². The van der Waals surface area contributed by atoms with Gasteiger partial charge in [0.2, 0.25) is 5.95 Å². The van der Waals surface area contributed by atoms with Crippen molar-refractivity contribution >= 4 is 34.7 Å². The molecular formula is C17H14ClN7O. The molecule has 3 N–H and O–H groups in total. The minimum absolute atomic E-state index is 0.420. The Hall–Kier alpha value is -3.39. The highest BCUT2D eigenvalue weighted by atomic mass is 35.5. The van der Waals surface area contributed by atoms with Gasteiger partial charge in [0.15, 0.2) is 5.65 Å². The molecule has 0 spiro atoms. The van der Waals surface area contributed by atoms with E-state index in [4.69, 9.17) is 22.1 Å². The van der Waals surface area contributed by atoms with Crippen LogP contribution in [0.4, 0.5) is 17.5 Å². The third kappa shape index (κ3) is 2.98. The molecule has 9 heteroatoms. The quantitative estimate of drug-likeness (QED) is 0.571. The Bertz CT molecular complexity index is 1080. The van der Waals surface area contributed by atoms with Crippen molar-refractivity contribution in [3.63, 3.8) is 0 Å². The second-order valence-electron chi connectivity index (χ2n) is 5.43. The second-order valence-corrected chi connectivity index (χ2v) is 5.83. The number of anilines is 3. The van der Waals surface area contributed by atoms with Crippen molar-refractivity contribution in [2.45, 2.75) is 0 Å². The monoisotopic (exact) mass is 367 g/mol. The molecule has 0 aliphatic rings. The van der Waals surface area contributed by atoms with Crippen molar-refractivity contribution in [1.82, 2.24) is 24.6 Å². The lowest BCUT2D eigenvalue weighted by Gasteiger charge is -2.05. The number of nitrogen functional groups attached to an aromatic ring is 1. The van der Waals surface area contributed by atoms with Gasteiger partial charge in [0.1, 0.15) is 17.3 Å². The van der Waals surface area contributed by atoms with Crippen LogP contribution in [0.15, 0.2) is 48.9 Å². The van der Waals surface area contributed by atoms with Crippen molar-refractivity contribution in [3.05, 3.63) is 53.9 Å². The summed E-state index contributed by atoms with van der Waals surface area (Å²) in [6.07, 6.45) is 5.03. The molecule has 4 aromatic rings. The topological polar surface area (TPSA) is 103 Å². The number of nitrogens with zero attached hydrogens (tertiary/aromatic N) is 5. The van der Waals surface area contributed by atoms with Crippen molar-refractivity contribution in [2.24, 2.45) is 0 Å². The van der Waals surface area contributed by atoms with Crippen LogP contribution in [0.3, 0.4) is 0 Å². The number of benzene rings is 1. The first-order chi connectivity index (χ1) is 12.6. The van der Waals surface area contributed by atoms with E-state index in [9.17, 15) is 0 Å². The molecule has 0 aliphatic carbocycles. The van der Waals surface area contributed by atoms with Gasteiger partial charge in [-0.3, -0.25) is 4.98 Å². The summed E-state index contributed by atoms with van der Waals surface area (Å²) in [5.74, 6) is 1.47. The van der Waals surface area contributed by atoms with Crippen LogP contribution in [0, 0.1) is 0 Å². The van der Waals surface area contributed by atoms with Crippen LogP contribution < -0.4 is 15.8 Å². The smallest absolute Gasteiger partial charge is 0.247 e. The summed E-state index contributed by atoms with van der Waals surface area (Å²) < 4.78 is 6.80. The van der Waals surface area contributed by atoms with Crippen LogP contribution >= 0.6 is 11.6 Å². The van der Waals surface area contributed by atoms with Crippen molar-refractivity contribution in [3.8, 4) is 17.0 Å². The number of nitrogens with one attached hydrogen (secondary N) is 1. The average Bonchev–Trinajstić information content (AvgIpc) is 3.05. The number of fused-ring (bicyclic) bond motifs is 1. The third-order valence-electron chi connectivity index (χ3n) is 3.72. The minimum Gasteiger partial charge on any atom is -0.495 e. The first-order valence-electron chi connectivity index (χ1n) is 7.68. The lowest BCUT2D eigenvalue weighted by molar-refractivity contribution is 0.415. The van der Waals surface area contributed by atoms with Gasteiger partial charge in [0.25, 0.3) is 0 Å². The fourth-order valence-corrected chi connectivity index (χ4v) is 2.75. The average molecular weight is 368 g/mol. The van der Waals surface area contributed by atoms with Crippen molar-refractivity contribution in [2.75, 3.05) is 18.2 Å². The Labute approximate surface area is 153 Å². The minimum atomic E-state index is 0.420. The van der Waals surface area contributed by atoms with Crippen molar-refractivity contribution < 1.29 is 4.74 Å². The summed E-state index contributed by atoms with van der Waals surface area (Å²) in [5, 5.41) is 8.04. The number of hydrogen-bond donors (Lipinski definition) is 2. The number of pyridine rings is 1. The van der Waals surface area contributed by atoms with E-state index in [-0.39, 0.29) is 0 Å². The van der Waals surface area contributed by atoms with Gasteiger partial charge in [-0.25, -0.2) is 9.50 Å². The molecule has 0 saturated heterocycles. The van der Waals surface area contributed by atoms with Gasteiger partial charge in [-0.15, -0.1) is 5.10 Å². The molecule has 0 unspecified atom stereocenters. The number of nitrogens with two attached hydrogens (primary N) is 1. The molecule has 8 nitrogen and oxygen atoms in total. The summed E-state index contributed by atoms with van der Waals surface area (Å²) in [7, 11) is 1.57. The van der Waals surface area contributed by atoms with E-state index in [2.05, 4.69) is 25.4 Å². The van der Waals surface area contributed by atoms with Crippen LogP contribution in [0.5, 0.6) is 5.75 Å². The number of ether oxygens (including phenoxy) is 1. The van der Waals surface area contributed by atoms with E-state index in [1.165, 1.54) is 0 Å². The normalized spacial score (nSPS) is 10.8. The standard InChI is InChI=1S/C17H14ClN7O/c1-26-13-4-3-11(8-12(13)18)22-17-23-16-15(20-6-7-25(16)24-17)10-2-5-14(19)21-9-10/h2-9H,1H3,(H2,19,21)(H,22,24). The molecule has 1 aromatic carbocycles. The van der Waals surface area contributed by atoms with Gasteiger partial charge in [0, 0.05) is 29.8 Å². The maximum absolute atomic E-state index is 6.15. The Balaban J connectivity index is 1.71. The molecule has 0 fully saturated rings. The van der Waals surface area contributed by atoms with E-state index in [1.807, 2.05) is 12.1 Å².